The minimum atomic E-state index is -4.24. The van der Waals surface area contributed by atoms with Gasteiger partial charge in [-0.2, -0.15) is 8.42 Å². The van der Waals surface area contributed by atoms with Crippen molar-refractivity contribution in [2.75, 3.05) is 5.75 Å². The van der Waals surface area contributed by atoms with Crippen molar-refractivity contribution >= 4 is 26.9 Å². The molecule has 2 heterocycles. The maximum atomic E-state index is 13.4. The fraction of sp³-hybridized carbons (Fsp3) is 0.600. The molecule has 1 N–H and O–H groups in total. The highest BCUT2D eigenvalue weighted by atomic mass is 32.2. The van der Waals surface area contributed by atoms with Gasteiger partial charge in [0.2, 0.25) is 0 Å². The zero-order valence-electron chi connectivity index (χ0n) is 20.0. The summed E-state index contributed by atoms with van der Waals surface area (Å²) in [5.41, 5.74) is -2.26. The molecule has 3 aliphatic rings. The van der Waals surface area contributed by atoms with Gasteiger partial charge in [0.15, 0.2) is 0 Å². The Bertz CT molecular complexity index is 1370. The third kappa shape index (κ3) is 3.20. The Morgan fingerprint density at radius 3 is 2.50 bits per heavy atom. The van der Waals surface area contributed by atoms with Crippen LogP contribution in [0, 0.1) is 23.7 Å². The Balaban J connectivity index is 1.53. The second-order valence-corrected chi connectivity index (χ2v) is 12.7. The standard InChI is InChI=1S/C25H30O8S/c1-13-10-18(27)31-21-15(13)6-7-16-19(21)20(28)22(24(4,5)32-16)33-34(29,30)12-25-9-8-14(11-17(25)26)23(25,2)3/h6-7,10,14,20,22,28H,8-9,11-12H2,1-5H3/t14-,20+,22+,25-/m0/s1. The van der Waals surface area contributed by atoms with E-state index < -0.39 is 50.1 Å². The lowest BCUT2D eigenvalue weighted by molar-refractivity contribution is -0.128. The third-order valence-corrected chi connectivity index (χ3v) is 9.92. The molecule has 5 rings (SSSR count). The Morgan fingerprint density at radius 1 is 1.18 bits per heavy atom. The highest BCUT2D eigenvalue weighted by Crippen LogP contribution is 2.64. The van der Waals surface area contributed by atoms with Crippen molar-refractivity contribution in [3.8, 4) is 5.75 Å². The highest BCUT2D eigenvalue weighted by Gasteiger charge is 2.66. The van der Waals surface area contributed by atoms with Crippen molar-refractivity contribution in [3.63, 3.8) is 0 Å². The predicted octanol–water partition coefficient (Wildman–Crippen LogP) is 3.42. The number of hydrogen-bond donors (Lipinski definition) is 1. The van der Waals surface area contributed by atoms with Gasteiger partial charge in [0.25, 0.3) is 10.1 Å². The normalized spacial score (nSPS) is 31.5. The van der Waals surface area contributed by atoms with E-state index in [9.17, 15) is 23.1 Å². The number of benzene rings is 1. The van der Waals surface area contributed by atoms with E-state index in [1.165, 1.54) is 6.07 Å². The van der Waals surface area contributed by atoms with Crippen LogP contribution in [0.15, 0.2) is 27.4 Å². The lowest BCUT2D eigenvalue weighted by atomic mass is 9.70. The molecule has 0 unspecified atom stereocenters. The molecule has 0 amide bonds. The Labute approximate surface area is 198 Å². The number of fused-ring (bicyclic) bond motifs is 5. The summed E-state index contributed by atoms with van der Waals surface area (Å²) in [6.45, 7) is 8.92. The third-order valence-electron chi connectivity index (χ3n) is 8.57. The van der Waals surface area contributed by atoms with Gasteiger partial charge in [0.1, 0.15) is 34.9 Å². The average Bonchev–Trinajstić information content (AvgIpc) is 3.04. The Hall–Kier alpha value is -2.23. The lowest BCUT2D eigenvalue weighted by Crippen LogP contribution is -2.52. The first-order chi connectivity index (χ1) is 15.7. The topological polar surface area (TPSA) is 120 Å². The molecule has 2 bridgehead atoms. The number of ether oxygens (including phenoxy) is 1. The van der Waals surface area contributed by atoms with E-state index in [0.29, 0.717) is 29.5 Å². The summed E-state index contributed by atoms with van der Waals surface area (Å²) in [5, 5.41) is 12.0. The average molecular weight is 491 g/mol. The van der Waals surface area contributed by atoms with Crippen LogP contribution in [0.5, 0.6) is 5.75 Å². The van der Waals surface area contributed by atoms with Gasteiger partial charge in [-0.25, -0.2) is 4.79 Å². The molecule has 2 aromatic rings. The Kier molecular flexibility index (Phi) is 4.94. The first-order valence-electron chi connectivity index (χ1n) is 11.6. The molecule has 1 aliphatic heterocycles. The number of carbonyl (C=O) groups excluding carboxylic acids is 1. The monoisotopic (exact) mass is 490 g/mol. The minimum Gasteiger partial charge on any atom is -0.484 e. The molecule has 184 valence electrons. The number of rotatable bonds is 4. The van der Waals surface area contributed by atoms with Gasteiger partial charge in [0.05, 0.1) is 16.7 Å². The molecule has 8 nitrogen and oxygen atoms in total. The second-order valence-electron chi connectivity index (χ2n) is 11.1. The molecular weight excluding hydrogens is 460 g/mol. The van der Waals surface area contributed by atoms with E-state index >= 15 is 0 Å². The zero-order valence-corrected chi connectivity index (χ0v) is 20.8. The van der Waals surface area contributed by atoms with Crippen molar-refractivity contribution in [3.05, 3.63) is 39.7 Å². The van der Waals surface area contributed by atoms with Crippen LogP contribution in [0.1, 0.15) is 64.2 Å². The van der Waals surface area contributed by atoms with Gasteiger partial charge in [0, 0.05) is 17.9 Å². The van der Waals surface area contributed by atoms with Crippen LogP contribution < -0.4 is 10.4 Å². The summed E-state index contributed by atoms with van der Waals surface area (Å²) in [6.07, 6.45) is -1.04. The molecule has 2 aliphatic carbocycles. The molecule has 2 fully saturated rings. The van der Waals surface area contributed by atoms with E-state index in [1.54, 1.807) is 32.9 Å². The van der Waals surface area contributed by atoms with E-state index in [1.807, 2.05) is 13.8 Å². The summed E-state index contributed by atoms with van der Waals surface area (Å²) in [6, 6.07) is 4.75. The van der Waals surface area contributed by atoms with E-state index in [-0.39, 0.29) is 22.8 Å². The number of aliphatic hydroxyl groups is 1. The number of aryl methyl sites for hydroxylation is 1. The largest absolute Gasteiger partial charge is 0.484 e. The predicted molar refractivity (Wildman–Crippen MR) is 124 cm³/mol. The van der Waals surface area contributed by atoms with Crippen LogP contribution in [0.3, 0.4) is 0 Å². The molecule has 0 spiro atoms. The molecule has 4 atom stereocenters. The van der Waals surface area contributed by atoms with Crippen LogP contribution in [0.4, 0.5) is 0 Å². The second kappa shape index (κ2) is 7.15. The van der Waals surface area contributed by atoms with Gasteiger partial charge < -0.3 is 14.3 Å². The molecule has 2 saturated carbocycles. The van der Waals surface area contributed by atoms with E-state index in [0.717, 1.165) is 6.42 Å². The maximum absolute atomic E-state index is 13.4. The fourth-order valence-electron chi connectivity index (χ4n) is 6.40. The van der Waals surface area contributed by atoms with Crippen LogP contribution in [-0.4, -0.2) is 36.8 Å². The summed E-state index contributed by atoms with van der Waals surface area (Å²) in [7, 11) is -4.24. The molecule has 1 aromatic carbocycles. The van der Waals surface area contributed by atoms with E-state index in [2.05, 4.69) is 0 Å². The Morgan fingerprint density at radius 2 is 1.88 bits per heavy atom. The molecule has 34 heavy (non-hydrogen) atoms. The van der Waals surface area contributed by atoms with E-state index in [4.69, 9.17) is 13.3 Å². The maximum Gasteiger partial charge on any atom is 0.336 e. The lowest BCUT2D eigenvalue weighted by Gasteiger charge is -2.42. The van der Waals surface area contributed by atoms with Crippen LogP contribution in [0.2, 0.25) is 0 Å². The smallest absolute Gasteiger partial charge is 0.336 e. The van der Waals surface area contributed by atoms with Gasteiger partial charge in [-0.1, -0.05) is 13.8 Å². The molecule has 1 aromatic heterocycles. The first-order valence-corrected chi connectivity index (χ1v) is 13.1. The SMILES string of the molecule is Cc1cc(=O)oc2c3c(ccc12)OC(C)(C)[C@H](OS(=O)(=O)C[C@@]12CC[C@@H](CC1=O)C2(C)C)[C@@H]3O. The summed E-state index contributed by atoms with van der Waals surface area (Å²) in [4.78, 5) is 24.9. The van der Waals surface area contributed by atoms with Crippen molar-refractivity contribution in [1.29, 1.82) is 0 Å². The number of ketones is 1. The van der Waals surface area contributed by atoms with Crippen molar-refractivity contribution in [2.45, 2.75) is 71.7 Å². The van der Waals surface area contributed by atoms with Crippen LogP contribution in [-0.2, 0) is 19.1 Å². The minimum absolute atomic E-state index is 0.0331. The van der Waals surface area contributed by atoms with Gasteiger partial charge in [-0.05, 0) is 62.6 Å². The fourth-order valence-corrected chi connectivity index (χ4v) is 8.40. The molecule has 0 saturated heterocycles. The quantitative estimate of drug-likeness (QED) is 0.511. The zero-order chi connectivity index (χ0) is 24.8. The van der Waals surface area contributed by atoms with Crippen LogP contribution in [0.25, 0.3) is 11.0 Å². The number of carbonyl (C=O) groups is 1. The number of aliphatic hydroxyl groups excluding tert-OH is 1. The van der Waals surface area contributed by atoms with Crippen molar-refractivity contribution in [2.24, 2.45) is 16.7 Å². The van der Waals surface area contributed by atoms with Crippen LogP contribution >= 0.6 is 0 Å². The van der Waals surface area contributed by atoms with Gasteiger partial charge in [-0.3, -0.25) is 8.98 Å². The highest BCUT2D eigenvalue weighted by molar-refractivity contribution is 7.86. The molecular formula is C25H30O8S. The van der Waals surface area contributed by atoms with Crippen molar-refractivity contribution in [1.82, 2.24) is 0 Å². The summed E-state index contributed by atoms with van der Waals surface area (Å²) in [5.74, 6) is -0.00716. The van der Waals surface area contributed by atoms with Gasteiger partial charge in [-0.15, -0.1) is 0 Å². The first kappa shape index (κ1) is 23.5. The van der Waals surface area contributed by atoms with Gasteiger partial charge >= 0.3 is 5.63 Å². The molecule has 0 radical (unpaired) electrons. The molecule has 9 heteroatoms. The summed E-state index contributed by atoms with van der Waals surface area (Å²) < 4.78 is 43.8. The summed E-state index contributed by atoms with van der Waals surface area (Å²) >= 11 is 0. The number of Topliss-reactive ketones (excluding diaryl/α,β-unsaturated/α-hetero) is 1. The number of hydrogen-bond acceptors (Lipinski definition) is 8. The van der Waals surface area contributed by atoms with Crippen molar-refractivity contribution < 1.29 is 31.7 Å².